The van der Waals surface area contributed by atoms with Crippen molar-refractivity contribution in [2.75, 3.05) is 6.61 Å². The zero-order valence-electron chi connectivity index (χ0n) is 10.0. The molecule has 1 aromatic rings. The molecule has 2 unspecified atom stereocenters. The first-order valence-corrected chi connectivity index (χ1v) is 6.43. The summed E-state index contributed by atoms with van der Waals surface area (Å²) in [7, 11) is 0. The van der Waals surface area contributed by atoms with Gasteiger partial charge in [-0.25, -0.2) is 4.39 Å². The predicted octanol–water partition coefficient (Wildman–Crippen LogP) is 4.63. The van der Waals surface area contributed by atoms with E-state index in [2.05, 4.69) is 0 Å². The van der Waals surface area contributed by atoms with Crippen molar-refractivity contribution in [2.45, 2.75) is 30.8 Å². The first-order valence-electron chi connectivity index (χ1n) is 5.99. The molecule has 1 aliphatic rings. The molecule has 19 heavy (non-hydrogen) atoms. The zero-order valence-corrected chi connectivity index (χ0v) is 10.8. The van der Waals surface area contributed by atoms with Crippen LogP contribution in [0.4, 0.5) is 17.6 Å². The fourth-order valence-corrected chi connectivity index (χ4v) is 2.57. The van der Waals surface area contributed by atoms with Crippen molar-refractivity contribution in [1.29, 1.82) is 0 Å². The lowest BCUT2D eigenvalue weighted by Gasteiger charge is -2.13. The third kappa shape index (κ3) is 4.00. The Labute approximate surface area is 113 Å². The first kappa shape index (κ1) is 14.4. The van der Waals surface area contributed by atoms with Crippen LogP contribution in [0.25, 0.3) is 0 Å². The van der Waals surface area contributed by atoms with E-state index in [-0.39, 0.29) is 23.7 Å². The Kier molecular flexibility index (Phi) is 4.23. The van der Waals surface area contributed by atoms with Crippen LogP contribution in [0, 0.1) is 11.7 Å². The van der Waals surface area contributed by atoms with Gasteiger partial charge in [-0.3, -0.25) is 0 Å². The molecule has 1 nitrogen and oxygen atoms in total. The fourth-order valence-electron chi connectivity index (χ4n) is 2.19. The molecule has 2 rings (SSSR count). The van der Waals surface area contributed by atoms with E-state index in [4.69, 9.17) is 16.3 Å². The molecule has 0 spiro atoms. The molecule has 0 aliphatic heterocycles. The highest BCUT2D eigenvalue weighted by Crippen LogP contribution is 2.33. The van der Waals surface area contributed by atoms with Crippen LogP contribution in [0.15, 0.2) is 18.2 Å². The van der Waals surface area contributed by atoms with Gasteiger partial charge in [0.25, 0.3) is 0 Å². The molecule has 0 amide bonds. The summed E-state index contributed by atoms with van der Waals surface area (Å²) in [5.41, 5.74) is -1.04. The van der Waals surface area contributed by atoms with Crippen molar-refractivity contribution in [3.8, 4) is 5.75 Å². The summed E-state index contributed by atoms with van der Waals surface area (Å²) in [5.74, 6) is -0.822. The molecule has 0 N–H and O–H groups in total. The number of hydrogen-bond acceptors (Lipinski definition) is 1. The molecule has 1 saturated carbocycles. The Balaban J connectivity index is 2.02. The summed E-state index contributed by atoms with van der Waals surface area (Å²) < 4.78 is 55.9. The molecule has 6 heteroatoms. The smallest absolute Gasteiger partial charge is 0.416 e. The third-order valence-electron chi connectivity index (χ3n) is 3.16. The summed E-state index contributed by atoms with van der Waals surface area (Å²) in [6, 6.07) is 2.23. The highest BCUT2D eigenvalue weighted by atomic mass is 35.5. The number of benzene rings is 1. The van der Waals surface area contributed by atoms with Crippen molar-refractivity contribution in [3.63, 3.8) is 0 Å². The minimum absolute atomic E-state index is 0.0923. The second-order valence-electron chi connectivity index (χ2n) is 4.76. The SMILES string of the molecule is Fc1cc(OCC2CCC(Cl)C2)cc(C(F)(F)F)c1. The standard InChI is InChI=1S/C13H13ClF4O/c14-10-2-1-8(3-10)7-19-12-5-9(13(16,17)18)4-11(15)6-12/h4-6,8,10H,1-3,7H2. The number of alkyl halides is 4. The minimum Gasteiger partial charge on any atom is -0.493 e. The van der Waals surface area contributed by atoms with Crippen LogP contribution in [0.3, 0.4) is 0 Å². The van der Waals surface area contributed by atoms with Gasteiger partial charge in [0.15, 0.2) is 0 Å². The second-order valence-corrected chi connectivity index (χ2v) is 5.38. The number of ether oxygens (including phenoxy) is 1. The maximum Gasteiger partial charge on any atom is 0.416 e. The van der Waals surface area contributed by atoms with E-state index >= 15 is 0 Å². The van der Waals surface area contributed by atoms with E-state index in [1.807, 2.05) is 0 Å². The fraction of sp³-hybridized carbons (Fsp3) is 0.538. The lowest BCUT2D eigenvalue weighted by atomic mass is 10.1. The van der Waals surface area contributed by atoms with Crippen molar-refractivity contribution in [2.24, 2.45) is 5.92 Å². The predicted molar refractivity (Wildman–Crippen MR) is 63.9 cm³/mol. The van der Waals surface area contributed by atoms with Crippen molar-refractivity contribution in [3.05, 3.63) is 29.6 Å². The highest BCUT2D eigenvalue weighted by molar-refractivity contribution is 6.20. The number of hydrogen-bond donors (Lipinski definition) is 0. The van der Waals surface area contributed by atoms with Crippen molar-refractivity contribution >= 4 is 11.6 Å². The molecule has 1 fully saturated rings. The summed E-state index contributed by atoms with van der Waals surface area (Å²) in [6.07, 6.45) is -2.03. The van der Waals surface area contributed by atoms with Gasteiger partial charge in [0, 0.05) is 11.4 Å². The first-order chi connectivity index (χ1) is 8.84. The lowest BCUT2D eigenvalue weighted by molar-refractivity contribution is -0.137. The molecule has 0 saturated heterocycles. The van der Waals surface area contributed by atoms with Gasteiger partial charge in [-0.1, -0.05) is 0 Å². The summed E-state index contributed by atoms with van der Waals surface area (Å²) >= 11 is 5.93. The molecule has 0 radical (unpaired) electrons. The molecule has 106 valence electrons. The molecule has 0 aromatic heterocycles. The average molecular weight is 297 g/mol. The molecular weight excluding hydrogens is 284 g/mol. The molecular formula is C13H13ClF4O. The van der Waals surface area contributed by atoms with Gasteiger partial charge in [0.05, 0.1) is 12.2 Å². The van der Waals surface area contributed by atoms with E-state index in [9.17, 15) is 17.6 Å². The Hall–Kier alpha value is -0.970. The maximum atomic E-state index is 13.1. The molecule has 2 atom stereocenters. The van der Waals surface area contributed by atoms with Crippen LogP contribution in [0.1, 0.15) is 24.8 Å². The van der Waals surface area contributed by atoms with Gasteiger partial charge in [-0.05, 0) is 37.3 Å². The monoisotopic (exact) mass is 296 g/mol. The normalized spacial score (nSPS) is 23.6. The van der Waals surface area contributed by atoms with Crippen LogP contribution >= 0.6 is 11.6 Å². The molecule has 1 aromatic carbocycles. The van der Waals surface area contributed by atoms with Crippen LogP contribution in [-0.4, -0.2) is 12.0 Å². The van der Waals surface area contributed by atoms with Crippen LogP contribution in [-0.2, 0) is 6.18 Å². The molecule has 0 heterocycles. The van der Waals surface area contributed by atoms with E-state index in [0.717, 1.165) is 31.4 Å². The van der Waals surface area contributed by atoms with E-state index < -0.39 is 17.6 Å². The lowest BCUT2D eigenvalue weighted by Crippen LogP contribution is -2.11. The van der Waals surface area contributed by atoms with Gasteiger partial charge in [0.2, 0.25) is 0 Å². The van der Waals surface area contributed by atoms with Crippen LogP contribution in [0.2, 0.25) is 0 Å². The van der Waals surface area contributed by atoms with E-state index in [1.54, 1.807) is 0 Å². The minimum atomic E-state index is -4.57. The van der Waals surface area contributed by atoms with Gasteiger partial charge in [-0.15, -0.1) is 11.6 Å². The number of halogens is 5. The van der Waals surface area contributed by atoms with Crippen molar-refractivity contribution in [1.82, 2.24) is 0 Å². The van der Waals surface area contributed by atoms with E-state index in [1.165, 1.54) is 0 Å². The third-order valence-corrected chi connectivity index (χ3v) is 3.56. The highest BCUT2D eigenvalue weighted by Gasteiger charge is 2.32. The van der Waals surface area contributed by atoms with Gasteiger partial charge >= 0.3 is 6.18 Å². The topological polar surface area (TPSA) is 9.23 Å². The van der Waals surface area contributed by atoms with Crippen molar-refractivity contribution < 1.29 is 22.3 Å². The largest absolute Gasteiger partial charge is 0.493 e. The van der Waals surface area contributed by atoms with Gasteiger partial charge in [0.1, 0.15) is 11.6 Å². The Morgan fingerprint density at radius 3 is 2.53 bits per heavy atom. The zero-order chi connectivity index (χ0) is 14.0. The Morgan fingerprint density at radius 1 is 1.21 bits per heavy atom. The maximum absolute atomic E-state index is 13.1. The summed E-state index contributed by atoms with van der Waals surface area (Å²) in [5, 5.41) is 0.104. The Bertz CT molecular complexity index is 447. The van der Waals surface area contributed by atoms with Gasteiger partial charge in [-0.2, -0.15) is 13.2 Å². The molecule has 1 aliphatic carbocycles. The average Bonchev–Trinajstić information content (AvgIpc) is 2.71. The Morgan fingerprint density at radius 2 is 1.95 bits per heavy atom. The molecule has 0 bridgehead atoms. The number of rotatable bonds is 3. The second kappa shape index (κ2) is 5.57. The quantitative estimate of drug-likeness (QED) is 0.583. The summed E-state index contributed by atoms with van der Waals surface area (Å²) in [6.45, 7) is 0.268. The summed E-state index contributed by atoms with van der Waals surface area (Å²) in [4.78, 5) is 0. The van der Waals surface area contributed by atoms with Crippen LogP contribution in [0.5, 0.6) is 5.75 Å². The van der Waals surface area contributed by atoms with Gasteiger partial charge < -0.3 is 4.74 Å². The van der Waals surface area contributed by atoms with E-state index in [0.29, 0.717) is 6.07 Å². The van der Waals surface area contributed by atoms with Crippen LogP contribution < -0.4 is 4.74 Å².